The van der Waals surface area contributed by atoms with Crippen LogP contribution in [0.5, 0.6) is 5.75 Å². The van der Waals surface area contributed by atoms with Gasteiger partial charge in [0, 0.05) is 24.5 Å². The van der Waals surface area contributed by atoms with E-state index < -0.39 is 17.7 Å². The first-order valence-electron chi connectivity index (χ1n) is 12.2. The number of hydrogen-bond donors (Lipinski definition) is 1. The van der Waals surface area contributed by atoms with E-state index in [1.165, 1.54) is 4.90 Å². The number of aliphatic hydroxyl groups excluding tert-OH is 1. The van der Waals surface area contributed by atoms with Crippen molar-refractivity contribution in [3.05, 3.63) is 135 Å². The van der Waals surface area contributed by atoms with E-state index in [0.29, 0.717) is 28.5 Å². The van der Waals surface area contributed by atoms with Gasteiger partial charge in [0.05, 0.1) is 21.7 Å². The van der Waals surface area contributed by atoms with Crippen molar-refractivity contribution < 1.29 is 19.4 Å². The van der Waals surface area contributed by atoms with Crippen molar-refractivity contribution in [2.45, 2.75) is 26.1 Å². The molecule has 3 aromatic carbocycles. The SMILES string of the molecule is Cc1cc(/C(O)=C2/C(=O)C(=O)N(Cc3ccncc3)C2c2ccc(Cl)c(Cl)c2)ccc1OCc1ccccc1. The van der Waals surface area contributed by atoms with Crippen LogP contribution in [0.25, 0.3) is 5.76 Å². The van der Waals surface area contributed by atoms with Crippen LogP contribution < -0.4 is 4.74 Å². The average Bonchev–Trinajstić information content (AvgIpc) is 3.19. The molecule has 1 aliphatic heterocycles. The number of aliphatic hydroxyl groups is 1. The summed E-state index contributed by atoms with van der Waals surface area (Å²) in [6.07, 6.45) is 3.23. The third-order valence-corrected chi connectivity index (χ3v) is 7.33. The molecule has 8 heteroatoms. The molecular formula is C31H24Cl2N2O4. The highest BCUT2D eigenvalue weighted by atomic mass is 35.5. The highest BCUT2D eigenvalue weighted by molar-refractivity contribution is 6.46. The summed E-state index contributed by atoms with van der Waals surface area (Å²) in [6.45, 7) is 2.39. The van der Waals surface area contributed by atoms with Crippen LogP contribution in [-0.4, -0.2) is 26.7 Å². The Morgan fingerprint density at radius 3 is 2.36 bits per heavy atom. The van der Waals surface area contributed by atoms with Crippen LogP contribution in [0.3, 0.4) is 0 Å². The number of nitrogens with zero attached hydrogens (tertiary/aromatic N) is 2. The Morgan fingerprint density at radius 2 is 1.67 bits per heavy atom. The van der Waals surface area contributed by atoms with Gasteiger partial charge in [-0.3, -0.25) is 14.6 Å². The molecule has 1 amide bonds. The first kappa shape index (κ1) is 26.5. The number of pyridine rings is 1. The summed E-state index contributed by atoms with van der Waals surface area (Å²) < 4.78 is 5.96. The molecular weight excluding hydrogens is 535 g/mol. The number of amides is 1. The van der Waals surface area contributed by atoms with Gasteiger partial charge in [-0.1, -0.05) is 59.6 Å². The second kappa shape index (κ2) is 11.3. The summed E-state index contributed by atoms with van der Waals surface area (Å²) in [7, 11) is 0. The van der Waals surface area contributed by atoms with E-state index in [9.17, 15) is 14.7 Å². The number of carbonyl (C=O) groups is 2. The number of hydrogen-bond acceptors (Lipinski definition) is 5. The fourth-order valence-electron chi connectivity index (χ4n) is 4.61. The van der Waals surface area contributed by atoms with Crippen molar-refractivity contribution >= 4 is 40.7 Å². The topological polar surface area (TPSA) is 79.7 Å². The zero-order valence-corrected chi connectivity index (χ0v) is 22.5. The predicted octanol–water partition coefficient (Wildman–Crippen LogP) is 6.90. The van der Waals surface area contributed by atoms with Crippen LogP contribution in [0.1, 0.15) is 33.9 Å². The highest BCUT2D eigenvalue weighted by Gasteiger charge is 2.46. The number of ether oxygens (including phenoxy) is 1. The summed E-state index contributed by atoms with van der Waals surface area (Å²) in [5.41, 5.74) is 3.51. The van der Waals surface area contributed by atoms with E-state index in [-0.39, 0.29) is 22.9 Å². The second-order valence-electron chi connectivity index (χ2n) is 9.21. The van der Waals surface area contributed by atoms with Gasteiger partial charge in [-0.05, 0) is 71.6 Å². The first-order valence-corrected chi connectivity index (χ1v) is 13.0. The minimum atomic E-state index is -0.873. The van der Waals surface area contributed by atoms with E-state index >= 15 is 0 Å². The second-order valence-corrected chi connectivity index (χ2v) is 10.0. The fraction of sp³-hybridized carbons (Fsp3) is 0.129. The summed E-state index contributed by atoms with van der Waals surface area (Å²) in [4.78, 5) is 32.1. The summed E-state index contributed by atoms with van der Waals surface area (Å²) in [5.74, 6) is -1.13. The monoisotopic (exact) mass is 558 g/mol. The largest absolute Gasteiger partial charge is 0.507 e. The van der Waals surface area contributed by atoms with E-state index in [1.54, 1.807) is 60.9 Å². The number of ketones is 1. The molecule has 6 nitrogen and oxygen atoms in total. The molecule has 0 spiro atoms. The molecule has 0 aliphatic carbocycles. The normalized spacial score (nSPS) is 16.5. The molecule has 2 heterocycles. The summed E-state index contributed by atoms with van der Waals surface area (Å²) in [5, 5.41) is 12.1. The number of benzene rings is 3. The fourth-order valence-corrected chi connectivity index (χ4v) is 4.91. The number of Topliss-reactive ketones (excluding diaryl/α,β-unsaturated/α-hetero) is 1. The molecule has 4 aromatic rings. The van der Waals surface area contributed by atoms with Crippen molar-refractivity contribution in [1.82, 2.24) is 9.88 Å². The molecule has 1 fully saturated rings. The molecule has 1 saturated heterocycles. The molecule has 0 radical (unpaired) electrons. The molecule has 0 bridgehead atoms. The Labute approximate surface area is 236 Å². The zero-order chi connectivity index (χ0) is 27.5. The number of halogens is 2. The highest BCUT2D eigenvalue weighted by Crippen LogP contribution is 2.42. The quantitative estimate of drug-likeness (QED) is 0.151. The molecule has 39 heavy (non-hydrogen) atoms. The molecule has 1 aliphatic rings. The summed E-state index contributed by atoms with van der Waals surface area (Å²) in [6, 6.07) is 22.5. The zero-order valence-electron chi connectivity index (χ0n) is 21.0. The van der Waals surface area contributed by atoms with Gasteiger partial charge in [-0.15, -0.1) is 0 Å². The number of rotatable bonds is 7. The van der Waals surface area contributed by atoms with Gasteiger partial charge in [0.15, 0.2) is 0 Å². The maximum Gasteiger partial charge on any atom is 0.295 e. The van der Waals surface area contributed by atoms with E-state index in [2.05, 4.69) is 4.98 Å². The van der Waals surface area contributed by atoms with Gasteiger partial charge >= 0.3 is 0 Å². The van der Waals surface area contributed by atoms with Gasteiger partial charge in [0.1, 0.15) is 18.1 Å². The Bertz CT molecular complexity index is 1570. The Hall–Kier alpha value is -4.13. The lowest BCUT2D eigenvalue weighted by Gasteiger charge is -2.25. The van der Waals surface area contributed by atoms with Crippen LogP contribution in [-0.2, 0) is 22.7 Å². The van der Waals surface area contributed by atoms with Crippen LogP contribution in [0.2, 0.25) is 10.0 Å². The standard InChI is InChI=1S/C31H24Cl2N2O4/c1-19-15-23(8-10-26(19)39-18-21-5-3-2-4-6-21)29(36)27-28(22-7-9-24(32)25(33)16-22)35(31(38)30(27)37)17-20-11-13-34-14-12-20/h2-16,28,36H,17-18H2,1H3/b29-27-. The maximum absolute atomic E-state index is 13.4. The lowest BCUT2D eigenvalue weighted by atomic mass is 9.94. The van der Waals surface area contributed by atoms with Crippen molar-refractivity contribution in [1.29, 1.82) is 0 Å². The van der Waals surface area contributed by atoms with Crippen molar-refractivity contribution in [2.24, 2.45) is 0 Å². The average molecular weight is 559 g/mol. The number of aromatic nitrogens is 1. The summed E-state index contributed by atoms with van der Waals surface area (Å²) >= 11 is 12.5. The first-order chi connectivity index (χ1) is 18.8. The molecule has 1 unspecified atom stereocenters. The predicted molar refractivity (Wildman–Crippen MR) is 150 cm³/mol. The molecule has 1 aromatic heterocycles. The minimum absolute atomic E-state index is 0.0233. The maximum atomic E-state index is 13.4. The Kier molecular flexibility index (Phi) is 7.68. The van der Waals surface area contributed by atoms with E-state index in [1.807, 2.05) is 37.3 Å². The number of carbonyl (C=O) groups excluding carboxylic acids is 2. The van der Waals surface area contributed by atoms with Crippen LogP contribution in [0.15, 0.2) is 96.8 Å². The van der Waals surface area contributed by atoms with E-state index in [4.69, 9.17) is 27.9 Å². The molecule has 5 rings (SSSR count). The third-order valence-electron chi connectivity index (χ3n) is 6.59. The van der Waals surface area contributed by atoms with Crippen LogP contribution in [0.4, 0.5) is 0 Å². The van der Waals surface area contributed by atoms with Gasteiger partial charge in [-0.2, -0.15) is 0 Å². The molecule has 1 atom stereocenters. The van der Waals surface area contributed by atoms with Crippen molar-refractivity contribution in [2.75, 3.05) is 0 Å². The number of aryl methyl sites for hydroxylation is 1. The van der Waals surface area contributed by atoms with Crippen molar-refractivity contribution in [3.63, 3.8) is 0 Å². The van der Waals surface area contributed by atoms with Gasteiger partial charge in [-0.25, -0.2) is 0 Å². The molecule has 0 saturated carbocycles. The van der Waals surface area contributed by atoms with Crippen LogP contribution in [0, 0.1) is 6.92 Å². The minimum Gasteiger partial charge on any atom is -0.507 e. The van der Waals surface area contributed by atoms with Crippen molar-refractivity contribution in [3.8, 4) is 5.75 Å². The molecule has 196 valence electrons. The lowest BCUT2D eigenvalue weighted by Crippen LogP contribution is -2.29. The Morgan fingerprint density at radius 1 is 0.923 bits per heavy atom. The van der Waals surface area contributed by atoms with E-state index in [0.717, 1.165) is 16.7 Å². The number of likely N-dealkylation sites (tertiary alicyclic amines) is 1. The smallest absolute Gasteiger partial charge is 0.295 e. The Balaban J connectivity index is 1.53. The lowest BCUT2D eigenvalue weighted by molar-refractivity contribution is -0.140. The molecule has 1 N–H and O–H groups in total. The van der Waals surface area contributed by atoms with Gasteiger partial charge in [0.25, 0.3) is 11.7 Å². The van der Waals surface area contributed by atoms with Gasteiger partial charge in [0.2, 0.25) is 0 Å². The third kappa shape index (κ3) is 5.53. The van der Waals surface area contributed by atoms with Crippen LogP contribution >= 0.6 is 23.2 Å². The van der Waals surface area contributed by atoms with Gasteiger partial charge < -0.3 is 14.7 Å².